The van der Waals surface area contributed by atoms with Crippen molar-refractivity contribution in [3.05, 3.63) is 57.6 Å². The molecular weight excluding hydrogens is 463 g/mol. The zero-order valence-corrected chi connectivity index (χ0v) is 20.2. The average Bonchev–Trinajstić information content (AvgIpc) is 2.83. The van der Waals surface area contributed by atoms with E-state index in [1.165, 1.54) is 14.2 Å². The van der Waals surface area contributed by atoms with Gasteiger partial charge in [-0.15, -0.1) is 0 Å². The fourth-order valence-electron chi connectivity index (χ4n) is 4.21. The second-order valence-corrected chi connectivity index (χ2v) is 8.75. The van der Waals surface area contributed by atoms with Gasteiger partial charge in [0.1, 0.15) is 5.92 Å². The standard InChI is InChI=1S/C25H26Cl2N2O4/c1-32-22-10-9-16(13-23(22)33-2)17(14-21(30)24-19(26)7-6-8-20(24)27)18(15-28)25(31)29-11-4-3-5-12-29/h6-10,13,17-18H,3-5,11-12,14H2,1-2H3/t17-,18-/m1/s1. The molecule has 0 spiro atoms. The Morgan fingerprint density at radius 3 is 2.24 bits per heavy atom. The number of hydrogen-bond acceptors (Lipinski definition) is 5. The zero-order chi connectivity index (χ0) is 24.0. The van der Waals surface area contributed by atoms with Crippen molar-refractivity contribution in [2.45, 2.75) is 31.6 Å². The molecular formula is C25H26Cl2N2O4. The zero-order valence-electron chi connectivity index (χ0n) is 18.6. The van der Waals surface area contributed by atoms with Crippen molar-refractivity contribution >= 4 is 34.9 Å². The van der Waals surface area contributed by atoms with Crippen molar-refractivity contribution in [1.29, 1.82) is 5.26 Å². The van der Waals surface area contributed by atoms with E-state index < -0.39 is 11.8 Å². The molecule has 0 aliphatic carbocycles. The Morgan fingerprint density at radius 2 is 1.67 bits per heavy atom. The topological polar surface area (TPSA) is 79.6 Å². The minimum absolute atomic E-state index is 0.114. The van der Waals surface area contributed by atoms with Gasteiger partial charge in [0.2, 0.25) is 5.91 Å². The Labute approximate surface area is 204 Å². The van der Waals surface area contributed by atoms with E-state index in [9.17, 15) is 14.9 Å². The number of hydrogen-bond donors (Lipinski definition) is 0. The first kappa shape index (κ1) is 24.9. The summed E-state index contributed by atoms with van der Waals surface area (Å²) in [6.45, 7) is 1.22. The van der Waals surface area contributed by atoms with Crippen LogP contribution in [0.3, 0.4) is 0 Å². The van der Waals surface area contributed by atoms with Gasteiger partial charge in [-0.1, -0.05) is 35.3 Å². The summed E-state index contributed by atoms with van der Waals surface area (Å²) in [5.74, 6) is -1.41. The highest BCUT2D eigenvalue weighted by Crippen LogP contribution is 2.38. The quantitative estimate of drug-likeness (QED) is 0.457. The SMILES string of the molecule is COc1ccc([C@@H](CC(=O)c2c(Cl)cccc2Cl)[C@@H](C#N)C(=O)N2CCCCC2)cc1OC. The van der Waals surface area contributed by atoms with Gasteiger partial charge in [0, 0.05) is 25.4 Å². The molecule has 1 aliphatic heterocycles. The molecule has 2 atom stereocenters. The fraction of sp³-hybridized carbons (Fsp3) is 0.400. The maximum atomic E-state index is 13.4. The number of amides is 1. The lowest BCUT2D eigenvalue weighted by Crippen LogP contribution is -2.41. The van der Waals surface area contributed by atoms with Gasteiger partial charge in [0.05, 0.1) is 35.9 Å². The third kappa shape index (κ3) is 5.61. The summed E-state index contributed by atoms with van der Waals surface area (Å²) in [5.41, 5.74) is 0.814. The summed E-state index contributed by atoms with van der Waals surface area (Å²) >= 11 is 12.5. The van der Waals surface area contributed by atoms with E-state index in [0.717, 1.165) is 19.3 Å². The van der Waals surface area contributed by atoms with Crippen LogP contribution in [0.1, 0.15) is 47.5 Å². The molecule has 3 rings (SSSR count). The van der Waals surface area contributed by atoms with Gasteiger partial charge in [-0.25, -0.2) is 0 Å². The first-order chi connectivity index (χ1) is 15.9. The predicted octanol–water partition coefficient (Wildman–Crippen LogP) is 5.52. The third-order valence-electron chi connectivity index (χ3n) is 5.96. The normalized spacial score (nSPS) is 15.3. The van der Waals surface area contributed by atoms with Crippen LogP contribution in [-0.2, 0) is 4.79 Å². The molecule has 2 aromatic carbocycles. The Kier molecular flexibility index (Phi) is 8.60. The molecule has 0 saturated carbocycles. The number of carbonyl (C=O) groups is 2. The summed E-state index contributed by atoms with van der Waals surface area (Å²) in [4.78, 5) is 28.4. The van der Waals surface area contributed by atoms with Crippen molar-refractivity contribution in [1.82, 2.24) is 4.90 Å². The summed E-state index contributed by atoms with van der Waals surface area (Å²) in [6, 6.07) is 12.2. The summed E-state index contributed by atoms with van der Waals surface area (Å²) in [5, 5.41) is 10.5. The van der Waals surface area contributed by atoms with E-state index in [0.29, 0.717) is 30.2 Å². The van der Waals surface area contributed by atoms with Gasteiger partial charge < -0.3 is 14.4 Å². The number of halogens is 2. The maximum Gasteiger partial charge on any atom is 0.240 e. The van der Waals surface area contributed by atoms with Crippen LogP contribution in [0.4, 0.5) is 0 Å². The minimum atomic E-state index is -1.05. The fourth-order valence-corrected chi connectivity index (χ4v) is 4.81. The molecule has 2 aromatic rings. The minimum Gasteiger partial charge on any atom is -0.493 e. The number of benzene rings is 2. The number of methoxy groups -OCH3 is 2. The Bertz CT molecular complexity index is 1040. The van der Waals surface area contributed by atoms with Gasteiger partial charge in [0.25, 0.3) is 0 Å². The molecule has 1 amide bonds. The number of nitrogens with zero attached hydrogens (tertiary/aromatic N) is 2. The lowest BCUT2D eigenvalue weighted by Gasteiger charge is -2.31. The molecule has 0 unspecified atom stereocenters. The van der Waals surface area contributed by atoms with Gasteiger partial charge >= 0.3 is 0 Å². The van der Waals surface area contributed by atoms with E-state index >= 15 is 0 Å². The second kappa shape index (κ2) is 11.4. The van der Waals surface area contributed by atoms with Crippen molar-refractivity contribution in [3.8, 4) is 17.6 Å². The molecule has 0 N–H and O–H groups in total. The number of rotatable bonds is 8. The Balaban J connectivity index is 2.03. The van der Waals surface area contributed by atoms with Crippen LogP contribution < -0.4 is 9.47 Å². The molecule has 1 aliphatic rings. The van der Waals surface area contributed by atoms with Crippen molar-refractivity contribution in [3.63, 3.8) is 0 Å². The van der Waals surface area contributed by atoms with Gasteiger partial charge in [-0.05, 0) is 49.1 Å². The molecule has 0 aromatic heterocycles. The van der Waals surface area contributed by atoms with Crippen LogP contribution in [0.15, 0.2) is 36.4 Å². The highest BCUT2D eigenvalue weighted by molar-refractivity contribution is 6.39. The van der Waals surface area contributed by atoms with Crippen LogP contribution >= 0.6 is 23.2 Å². The second-order valence-electron chi connectivity index (χ2n) is 7.94. The third-order valence-corrected chi connectivity index (χ3v) is 6.59. The Morgan fingerprint density at radius 1 is 1.03 bits per heavy atom. The van der Waals surface area contributed by atoms with Crippen molar-refractivity contribution in [2.75, 3.05) is 27.3 Å². The van der Waals surface area contributed by atoms with E-state index in [1.54, 1.807) is 41.3 Å². The van der Waals surface area contributed by atoms with Crippen LogP contribution in [0, 0.1) is 17.2 Å². The van der Waals surface area contributed by atoms with E-state index in [1.807, 2.05) is 0 Å². The molecule has 174 valence electrons. The summed E-state index contributed by atoms with van der Waals surface area (Å²) in [7, 11) is 3.03. The summed E-state index contributed by atoms with van der Waals surface area (Å²) in [6.07, 6.45) is 2.75. The maximum absolute atomic E-state index is 13.4. The molecule has 1 saturated heterocycles. The number of Topliss-reactive ketones (excluding diaryl/α,β-unsaturated/α-hetero) is 1. The Hall–Kier alpha value is -2.75. The lowest BCUT2D eigenvalue weighted by molar-refractivity contribution is -0.135. The van der Waals surface area contributed by atoms with Crippen LogP contribution in [-0.4, -0.2) is 43.9 Å². The van der Waals surface area contributed by atoms with Crippen LogP contribution in [0.2, 0.25) is 10.0 Å². The summed E-state index contributed by atoms with van der Waals surface area (Å²) < 4.78 is 10.7. The van der Waals surface area contributed by atoms with Crippen molar-refractivity contribution < 1.29 is 19.1 Å². The number of carbonyl (C=O) groups excluding carboxylic acids is 2. The molecule has 33 heavy (non-hydrogen) atoms. The number of nitriles is 1. The van der Waals surface area contributed by atoms with Gasteiger partial charge in [-0.2, -0.15) is 5.26 Å². The average molecular weight is 489 g/mol. The van der Waals surface area contributed by atoms with Crippen LogP contribution in [0.5, 0.6) is 11.5 Å². The van der Waals surface area contributed by atoms with Crippen LogP contribution in [0.25, 0.3) is 0 Å². The molecule has 0 radical (unpaired) electrons. The number of piperidine rings is 1. The van der Waals surface area contributed by atoms with E-state index in [-0.39, 0.29) is 33.7 Å². The highest BCUT2D eigenvalue weighted by Gasteiger charge is 2.36. The first-order valence-corrected chi connectivity index (χ1v) is 11.5. The molecule has 6 nitrogen and oxygen atoms in total. The van der Waals surface area contributed by atoms with E-state index in [2.05, 4.69) is 6.07 Å². The van der Waals surface area contributed by atoms with Crippen molar-refractivity contribution in [2.24, 2.45) is 5.92 Å². The molecule has 8 heteroatoms. The monoisotopic (exact) mass is 488 g/mol. The van der Waals surface area contributed by atoms with Gasteiger partial charge in [-0.3, -0.25) is 9.59 Å². The van der Waals surface area contributed by atoms with Gasteiger partial charge in [0.15, 0.2) is 17.3 Å². The smallest absolute Gasteiger partial charge is 0.240 e. The first-order valence-electron chi connectivity index (χ1n) is 10.8. The number of ether oxygens (including phenoxy) is 2. The lowest BCUT2D eigenvalue weighted by atomic mass is 9.81. The van der Waals surface area contributed by atoms with E-state index in [4.69, 9.17) is 32.7 Å². The number of ketones is 1. The predicted molar refractivity (Wildman–Crippen MR) is 127 cm³/mol. The molecule has 1 fully saturated rings. The number of likely N-dealkylation sites (tertiary alicyclic amines) is 1. The molecule has 0 bridgehead atoms. The molecule has 1 heterocycles. The largest absolute Gasteiger partial charge is 0.493 e. The highest BCUT2D eigenvalue weighted by atomic mass is 35.5.